The van der Waals surface area contributed by atoms with Gasteiger partial charge in [0, 0.05) is 17.8 Å². The number of amides is 1. The van der Waals surface area contributed by atoms with Crippen LogP contribution in [0.2, 0.25) is 0 Å². The number of rotatable bonds is 6. The number of aromatic nitrogens is 3. The van der Waals surface area contributed by atoms with Crippen LogP contribution in [0.5, 0.6) is 0 Å². The van der Waals surface area contributed by atoms with Gasteiger partial charge in [-0.25, -0.2) is 4.39 Å². The molecule has 0 saturated carbocycles. The Labute approximate surface area is 144 Å². The van der Waals surface area contributed by atoms with Gasteiger partial charge in [0.15, 0.2) is 0 Å². The summed E-state index contributed by atoms with van der Waals surface area (Å²) in [5.74, 6) is 0.270. The molecule has 1 amide bonds. The number of carbonyl (C=O) groups is 1. The zero-order chi connectivity index (χ0) is 17.8. The first-order chi connectivity index (χ1) is 12.1. The number of benzene rings is 1. The van der Waals surface area contributed by atoms with Crippen LogP contribution in [-0.4, -0.2) is 26.7 Å². The van der Waals surface area contributed by atoms with Crippen molar-refractivity contribution in [2.24, 2.45) is 0 Å². The molecule has 0 aliphatic carbocycles. The molecule has 0 aliphatic rings. The summed E-state index contributed by atoms with van der Waals surface area (Å²) in [5, 5.41) is 6.85. The maximum atomic E-state index is 13.0. The topological polar surface area (TPSA) is 73.0 Å². The fourth-order valence-corrected chi connectivity index (χ4v) is 2.37. The van der Waals surface area contributed by atoms with Crippen molar-refractivity contribution in [1.29, 1.82) is 0 Å². The monoisotopic (exact) mass is 342 g/mol. The predicted molar refractivity (Wildman–Crippen MR) is 91.0 cm³/mol. The molecule has 0 radical (unpaired) electrons. The third-order valence-electron chi connectivity index (χ3n) is 3.91. The van der Waals surface area contributed by atoms with Gasteiger partial charge in [-0.15, -0.1) is 0 Å². The average molecular weight is 342 g/mol. The Morgan fingerprint density at radius 3 is 2.80 bits per heavy atom. The van der Waals surface area contributed by atoms with Gasteiger partial charge in [-0.3, -0.25) is 4.79 Å². The molecule has 2 aromatic heterocycles. The van der Waals surface area contributed by atoms with Gasteiger partial charge in [0.25, 0.3) is 5.89 Å². The number of carbonyl (C=O) groups excluding carboxylic acids is 1. The van der Waals surface area contributed by atoms with Gasteiger partial charge >= 0.3 is 0 Å². The fourth-order valence-electron chi connectivity index (χ4n) is 2.37. The Bertz CT molecular complexity index is 854. The standard InChI is InChI=1S/C18H19FN4O2/c1-3-12(2)20-16(24)11-23-10-4-5-15(23)18-21-17(22-25-18)13-6-8-14(19)9-7-13/h4-10,12H,3,11H2,1-2H3,(H,20,24). The molecule has 3 aromatic rings. The van der Waals surface area contributed by atoms with Crippen molar-refractivity contribution < 1.29 is 13.7 Å². The molecule has 3 rings (SSSR count). The smallest absolute Gasteiger partial charge is 0.274 e. The second-order valence-corrected chi connectivity index (χ2v) is 5.83. The lowest BCUT2D eigenvalue weighted by molar-refractivity contribution is -0.122. The Morgan fingerprint density at radius 1 is 1.32 bits per heavy atom. The zero-order valence-electron chi connectivity index (χ0n) is 14.1. The molecule has 0 bridgehead atoms. The molecule has 0 saturated heterocycles. The van der Waals surface area contributed by atoms with Crippen LogP contribution in [-0.2, 0) is 11.3 Å². The molecule has 1 unspecified atom stereocenters. The Hall–Kier alpha value is -2.96. The third-order valence-corrected chi connectivity index (χ3v) is 3.91. The lowest BCUT2D eigenvalue weighted by atomic mass is 10.2. The maximum Gasteiger partial charge on any atom is 0.274 e. The Kier molecular flexibility index (Phi) is 4.92. The minimum absolute atomic E-state index is 0.0786. The van der Waals surface area contributed by atoms with Gasteiger partial charge in [0.1, 0.15) is 18.1 Å². The van der Waals surface area contributed by atoms with Crippen molar-refractivity contribution in [1.82, 2.24) is 20.0 Å². The van der Waals surface area contributed by atoms with Crippen LogP contribution in [0.3, 0.4) is 0 Å². The molecule has 1 N–H and O–H groups in total. The fraction of sp³-hybridized carbons (Fsp3) is 0.278. The molecule has 0 aliphatic heterocycles. The molecule has 7 heteroatoms. The summed E-state index contributed by atoms with van der Waals surface area (Å²) in [7, 11) is 0. The average Bonchev–Trinajstić information content (AvgIpc) is 3.24. The molecular formula is C18H19FN4O2. The third kappa shape index (κ3) is 3.93. The zero-order valence-corrected chi connectivity index (χ0v) is 14.1. The number of halogens is 1. The first-order valence-corrected chi connectivity index (χ1v) is 8.11. The normalized spacial score (nSPS) is 12.1. The molecule has 6 nitrogen and oxygen atoms in total. The first-order valence-electron chi connectivity index (χ1n) is 8.11. The van der Waals surface area contributed by atoms with Crippen molar-refractivity contribution >= 4 is 5.91 Å². The van der Waals surface area contributed by atoms with Gasteiger partial charge in [-0.2, -0.15) is 4.98 Å². The van der Waals surface area contributed by atoms with Crippen LogP contribution >= 0.6 is 0 Å². The van der Waals surface area contributed by atoms with E-state index in [9.17, 15) is 9.18 Å². The molecule has 0 fully saturated rings. The van der Waals surface area contributed by atoms with Gasteiger partial charge in [0.2, 0.25) is 11.7 Å². The second-order valence-electron chi connectivity index (χ2n) is 5.83. The summed E-state index contributed by atoms with van der Waals surface area (Å²) in [6.07, 6.45) is 2.66. The van der Waals surface area contributed by atoms with E-state index in [2.05, 4.69) is 15.5 Å². The minimum Gasteiger partial charge on any atom is -0.352 e. The van der Waals surface area contributed by atoms with Crippen molar-refractivity contribution in [3.63, 3.8) is 0 Å². The molecule has 1 aromatic carbocycles. The summed E-state index contributed by atoms with van der Waals surface area (Å²) in [6.45, 7) is 4.14. The highest BCUT2D eigenvalue weighted by molar-refractivity contribution is 5.76. The summed E-state index contributed by atoms with van der Waals surface area (Å²) in [5.41, 5.74) is 1.31. The van der Waals surface area contributed by atoms with Crippen molar-refractivity contribution in [3.8, 4) is 23.0 Å². The molecule has 1 atom stereocenters. The van der Waals surface area contributed by atoms with E-state index in [1.54, 1.807) is 29.0 Å². The van der Waals surface area contributed by atoms with Gasteiger partial charge < -0.3 is 14.4 Å². The van der Waals surface area contributed by atoms with E-state index < -0.39 is 0 Å². The van der Waals surface area contributed by atoms with Crippen LogP contribution < -0.4 is 5.32 Å². The van der Waals surface area contributed by atoms with E-state index in [-0.39, 0.29) is 24.3 Å². The van der Waals surface area contributed by atoms with Gasteiger partial charge in [0.05, 0.1) is 0 Å². The highest BCUT2D eigenvalue weighted by atomic mass is 19.1. The summed E-state index contributed by atoms with van der Waals surface area (Å²) in [6, 6.07) is 9.60. The minimum atomic E-state index is -0.325. The van der Waals surface area contributed by atoms with Crippen molar-refractivity contribution in [3.05, 3.63) is 48.4 Å². The second kappa shape index (κ2) is 7.29. The lowest BCUT2D eigenvalue weighted by Gasteiger charge is -2.12. The van der Waals surface area contributed by atoms with E-state index in [0.29, 0.717) is 23.0 Å². The van der Waals surface area contributed by atoms with Crippen molar-refractivity contribution in [2.45, 2.75) is 32.9 Å². The maximum absolute atomic E-state index is 13.0. The quantitative estimate of drug-likeness (QED) is 0.746. The van der Waals surface area contributed by atoms with Gasteiger partial charge in [-0.05, 0) is 49.7 Å². The van der Waals surface area contributed by atoms with Crippen molar-refractivity contribution in [2.75, 3.05) is 0 Å². The SMILES string of the molecule is CCC(C)NC(=O)Cn1cccc1-c1nc(-c2ccc(F)cc2)no1. The Balaban J connectivity index is 1.78. The van der Waals surface area contributed by atoms with Crippen LogP contribution in [0.15, 0.2) is 47.1 Å². The molecule has 0 spiro atoms. The number of nitrogens with zero attached hydrogens (tertiary/aromatic N) is 3. The largest absolute Gasteiger partial charge is 0.352 e. The van der Waals surface area contributed by atoms with E-state index in [4.69, 9.17) is 4.52 Å². The number of nitrogens with one attached hydrogen (secondary N) is 1. The van der Waals surface area contributed by atoms with E-state index in [0.717, 1.165) is 6.42 Å². The van der Waals surface area contributed by atoms with E-state index >= 15 is 0 Å². The van der Waals surface area contributed by atoms with E-state index in [1.807, 2.05) is 19.9 Å². The molecular weight excluding hydrogens is 323 g/mol. The molecule has 2 heterocycles. The summed E-state index contributed by atoms with van der Waals surface area (Å²) in [4.78, 5) is 16.4. The first kappa shape index (κ1) is 16.9. The van der Waals surface area contributed by atoms with Crippen LogP contribution in [0.4, 0.5) is 4.39 Å². The summed E-state index contributed by atoms with van der Waals surface area (Å²) >= 11 is 0. The molecule has 25 heavy (non-hydrogen) atoms. The van der Waals surface area contributed by atoms with E-state index in [1.165, 1.54) is 12.1 Å². The number of hydrogen-bond donors (Lipinski definition) is 1. The lowest BCUT2D eigenvalue weighted by Crippen LogP contribution is -2.34. The van der Waals surface area contributed by atoms with Crippen LogP contribution in [0.1, 0.15) is 20.3 Å². The van der Waals surface area contributed by atoms with Crippen LogP contribution in [0, 0.1) is 5.82 Å². The highest BCUT2D eigenvalue weighted by Crippen LogP contribution is 2.23. The highest BCUT2D eigenvalue weighted by Gasteiger charge is 2.16. The summed E-state index contributed by atoms with van der Waals surface area (Å²) < 4.78 is 20.1. The number of hydrogen-bond acceptors (Lipinski definition) is 4. The Morgan fingerprint density at radius 2 is 2.08 bits per heavy atom. The predicted octanol–water partition coefficient (Wildman–Crippen LogP) is 3.26. The molecule has 130 valence electrons. The van der Waals surface area contributed by atoms with Crippen LogP contribution in [0.25, 0.3) is 23.0 Å². The van der Waals surface area contributed by atoms with Gasteiger partial charge in [-0.1, -0.05) is 12.1 Å².